The molecular formula is C28H24F3N3O3. The maximum absolute atomic E-state index is 13.5. The molecule has 0 atom stereocenters. The van der Waals surface area contributed by atoms with Crippen molar-refractivity contribution in [3.05, 3.63) is 102 Å². The lowest BCUT2D eigenvalue weighted by molar-refractivity contribution is -0.141. The fraction of sp³-hybridized carbons (Fsp3) is 0.214. The van der Waals surface area contributed by atoms with Gasteiger partial charge in [-0.3, -0.25) is 9.78 Å². The molecule has 2 N–H and O–H groups in total. The zero-order valence-electron chi connectivity index (χ0n) is 19.7. The average molecular weight is 508 g/mol. The largest absolute Gasteiger partial charge is 0.416 e. The minimum Gasteiger partial charge on any atom is -0.385 e. The van der Waals surface area contributed by atoms with Crippen LogP contribution >= 0.6 is 0 Å². The van der Waals surface area contributed by atoms with Gasteiger partial charge in [0.1, 0.15) is 5.52 Å². The number of anilines is 1. The van der Waals surface area contributed by atoms with Crippen LogP contribution in [0.5, 0.6) is 5.75 Å². The molecule has 0 saturated carbocycles. The third-order valence-corrected chi connectivity index (χ3v) is 6.62. The average Bonchev–Trinajstić information content (AvgIpc) is 2.92. The number of pyridine rings is 1. The minimum atomic E-state index is -4.57. The predicted octanol–water partition coefficient (Wildman–Crippen LogP) is 5.78. The SMILES string of the molecule is O=C(c1ccc(NOc2cccc3cccnc23)cc1)N1CCC(O)(c2ccccc2C(F)(F)F)CC1. The summed E-state index contributed by atoms with van der Waals surface area (Å²) in [4.78, 5) is 24.6. The molecule has 9 heteroatoms. The van der Waals surface area contributed by atoms with Gasteiger partial charge in [0.15, 0.2) is 5.75 Å². The minimum absolute atomic E-state index is 0.0123. The number of para-hydroxylation sites is 1. The van der Waals surface area contributed by atoms with E-state index in [0.29, 0.717) is 22.5 Å². The van der Waals surface area contributed by atoms with Gasteiger partial charge in [-0.25, -0.2) is 5.48 Å². The Morgan fingerprint density at radius 3 is 2.38 bits per heavy atom. The van der Waals surface area contributed by atoms with Gasteiger partial charge in [0.05, 0.1) is 16.9 Å². The van der Waals surface area contributed by atoms with Crippen LogP contribution in [0.25, 0.3) is 10.9 Å². The first kappa shape index (κ1) is 24.6. The van der Waals surface area contributed by atoms with Gasteiger partial charge in [0, 0.05) is 30.2 Å². The normalized spacial score (nSPS) is 15.4. The van der Waals surface area contributed by atoms with Crippen molar-refractivity contribution >= 4 is 22.5 Å². The Labute approximate surface area is 211 Å². The van der Waals surface area contributed by atoms with Crippen LogP contribution in [0.3, 0.4) is 0 Å². The summed E-state index contributed by atoms with van der Waals surface area (Å²) in [5, 5.41) is 12.0. The van der Waals surface area contributed by atoms with E-state index in [1.165, 1.54) is 18.2 Å². The number of halogens is 3. The first-order valence-corrected chi connectivity index (χ1v) is 11.8. The molecule has 3 aromatic carbocycles. The standard InChI is InChI=1S/C28H24F3N3O3/c29-28(30,31)23-8-2-1-7-22(23)27(36)14-17-34(18-15-27)26(35)20-10-12-21(13-11-20)33-37-24-9-3-5-19-6-4-16-32-25(19)24/h1-13,16,33,36H,14-15,17-18H2. The Kier molecular flexibility index (Phi) is 6.47. The van der Waals surface area contributed by atoms with Gasteiger partial charge in [-0.05, 0) is 60.9 Å². The van der Waals surface area contributed by atoms with Crippen LogP contribution < -0.4 is 10.3 Å². The molecular weight excluding hydrogens is 483 g/mol. The van der Waals surface area contributed by atoms with Crippen molar-refractivity contribution in [1.29, 1.82) is 0 Å². The molecule has 1 amide bonds. The van der Waals surface area contributed by atoms with Crippen molar-refractivity contribution in [3.8, 4) is 5.75 Å². The Hall–Kier alpha value is -4.11. The number of rotatable bonds is 5. The summed E-state index contributed by atoms with van der Waals surface area (Å²) in [5.74, 6) is 0.308. The number of aromatic nitrogens is 1. The Morgan fingerprint density at radius 2 is 1.65 bits per heavy atom. The molecule has 5 rings (SSSR count). The van der Waals surface area contributed by atoms with E-state index in [4.69, 9.17) is 4.84 Å². The second-order valence-corrected chi connectivity index (χ2v) is 8.98. The van der Waals surface area contributed by atoms with Crippen LogP contribution in [-0.4, -0.2) is 34.0 Å². The van der Waals surface area contributed by atoms with Crippen molar-refractivity contribution < 1.29 is 27.9 Å². The smallest absolute Gasteiger partial charge is 0.385 e. The number of carbonyl (C=O) groups is 1. The van der Waals surface area contributed by atoms with E-state index < -0.39 is 17.3 Å². The molecule has 0 spiro atoms. The van der Waals surface area contributed by atoms with Crippen molar-refractivity contribution in [2.75, 3.05) is 18.6 Å². The van der Waals surface area contributed by atoms with Crippen LogP contribution in [0.15, 0.2) is 85.1 Å². The van der Waals surface area contributed by atoms with Crippen molar-refractivity contribution in [2.24, 2.45) is 0 Å². The molecule has 1 aromatic heterocycles. The number of likely N-dealkylation sites (tertiary alicyclic amines) is 1. The molecule has 6 nitrogen and oxygen atoms in total. The predicted molar refractivity (Wildman–Crippen MR) is 133 cm³/mol. The highest BCUT2D eigenvalue weighted by atomic mass is 19.4. The van der Waals surface area contributed by atoms with E-state index in [1.807, 2.05) is 24.3 Å². The maximum Gasteiger partial charge on any atom is 0.416 e. The summed E-state index contributed by atoms with van der Waals surface area (Å²) >= 11 is 0. The summed E-state index contributed by atoms with van der Waals surface area (Å²) in [6.07, 6.45) is -2.86. The van der Waals surface area contributed by atoms with E-state index in [2.05, 4.69) is 10.5 Å². The quantitative estimate of drug-likeness (QED) is 0.335. The topological polar surface area (TPSA) is 74.7 Å². The number of aliphatic hydroxyl groups is 1. The lowest BCUT2D eigenvalue weighted by atomic mass is 9.81. The monoisotopic (exact) mass is 507 g/mol. The van der Waals surface area contributed by atoms with Gasteiger partial charge >= 0.3 is 6.18 Å². The molecule has 4 aromatic rings. The fourth-order valence-corrected chi connectivity index (χ4v) is 4.62. The zero-order valence-corrected chi connectivity index (χ0v) is 19.7. The third kappa shape index (κ3) is 5.08. The van der Waals surface area contributed by atoms with Gasteiger partial charge in [0.2, 0.25) is 0 Å². The highest BCUT2D eigenvalue weighted by molar-refractivity contribution is 5.94. The number of carbonyl (C=O) groups excluding carboxylic acids is 1. The van der Waals surface area contributed by atoms with Gasteiger partial charge in [-0.1, -0.05) is 36.4 Å². The molecule has 1 aliphatic rings. The number of nitrogens with one attached hydrogen (secondary N) is 1. The lowest BCUT2D eigenvalue weighted by Crippen LogP contribution is -2.45. The van der Waals surface area contributed by atoms with Gasteiger partial charge in [0.25, 0.3) is 5.91 Å². The molecule has 1 fully saturated rings. The fourth-order valence-electron chi connectivity index (χ4n) is 4.62. The molecule has 1 saturated heterocycles. The van der Waals surface area contributed by atoms with Crippen LogP contribution in [0.1, 0.15) is 34.3 Å². The molecule has 0 bridgehead atoms. The molecule has 190 valence electrons. The van der Waals surface area contributed by atoms with E-state index in [1.54, 1.807) is 41.4 Å². The summed E-state index contributed by atoms with van der Waals surface area (Å²) < 4.78 is 40.4. The van der Waals surface area contributed by atoms with E-state index in [9.17, 15) is 23.1 Å². The summed E-state index contributed by atoms with van der Waals surface area (Å²) in [6, 6.07) is 21.1. The van der Waals surface area contributed by atoms with Gasteiger partial charge in [-0.2, -0.15) is 13.2 Å². The van der Waals surface area contributed by atoms with Crippen molar-refractivity contribution in [2.45, 2.75) is 24.6 Å². The summed E-state index contributed by atoms with van der Waals surface area (Å²) in [6.45, 7) is 0.275. The van der Waals surface area contributed by atoms with Crippen molar-refractivity contribution in [3.63, 3.8) is 0 Å². The maximum atomic E-state index is 13.5. The summed E-state index contributed by atoms with van der Waals surface area (Å²) in [5.41, 5.74) is 1.98. The van der Waals surface area contributed by atoms with E-state index in [-0.39, 0.29) is 37.4 Å². The number of piperidine rings is 1. The number of hydrogen-bond acceptors (Lipinski definition) is 5. The Morgan fingerprint density at radius 1 is 0.946 bits per heavy atom. The first-order chi connectivity index (χ1) is 17.7. The van der Waals surface area contributed by atoms with Crippen LogP contribution in [0.2, 0.25) is 0 Å². The highest BCUT2D eigenvalue weighted by Crippen LogP contribution is 2.41. The lowest BCUT2D eigenvalue weighted by Gasteiger charge is -2.39. The number of amides is 1. The zero-order chi connectivity index (χ0) is 26.0. The van der Waals surface area contributed by atoms with Crippen LogP contribution in [0, 0.1) is 0 Å². The van der Waals surface area contributed by atoms with Gasteiger partial charge < -0.3 is 14.8 Å². The van der Waals surface area contributed by atoms with E-state index >= 15 is 0 Å². The second-order valence-electron chi connectivity index (χ2n) is 8.98. The number of benzene rings is 3. The highest BCUT2D eigenvalue weighted by Gasteiger charge is 2.42. The molecule has 2 heterocycles. The van der Waals surface area contributed by atoms with Crippen LogP contribution in [-0.2, 0) is 11.8 Å². The summed E-state index contributed by atoms with van der Waals surface area (Å²) in [7, 11) is 0. The Bertz CT molecular complexity index is 1410. The first-order valence-electron chi connectivity index (χ1n) is 11.8. The number of nitrogens with zero attached hydrogens (tertiary/aromatic N) is 2. The molecule has 37 heavy (non-hydrogen) atoms. The molecule has 0 aliphatic carbocycles. The Balaban J connectivity index is 1.22. The third-order valence-electron chi connectivity index (χ3n) is 6.62. The molecule has 0 unspecified atom stereocenters. The van der Waals surface area contributed by atoms with Crippen molar-refractivity contribution in [1.82, 2.24) is 9.88 Å². The number of alkyl halides is 3. The molecule has 0 radical (unpaired) electrons. The van der Waals surface area contributed by atoms with Gasteiger partial charge in [-0.15, -0.1) is 0 Å². The number of fused-ring (bicyclic) bond motifs is 1. The van der Waals surface area contributed by atoms with E-state index in [0.717, 1.165) is 11.5 Å². The second kappa shape index (κ2) is 9.74. The molecule has 1 aliphatic heterocycles. The number of hydrogen-bond donors (Lipinski definition) is 2. The van der Waals surface area contributed by atoms with Crippen LogP contribution in [0.4, 0.5) is 18.9 Å².